The Morgan fingerprint density at radius 3 is 2.52 bits per heavy atom. The molecule has 31 heavy (non-hydrogen) atoms. The zero-order valence-electron chi connectivity index (χ0n) is 17.6. The van der Waals surface area contributed by atoms with Crippen LogP contribution in [0.5, 0.6) is 0 Å². The fourth-order valence-corrected chi connectivity index (χ4v) is 4.36. The van der Waals surface area contributed by atoms with Gasteiger partial charge in [0.2, 0.25) is 0 Å². The summed E-state index contributed by atoms with van der Waals surface area (Å²) in [4.78, 5) is 38.8. The van der Waals surface area contributed by atoms with Crippen molar-refractivity contribution in [2.75, 3.05) is 5.32 Å². The quantitative estimate of drug-likeness (QED) is 0.540. The molecule has 0 spiro atoms. The molecule has 0 unspecified atom stereocenters. The summed E-state index contributed by atoms with van der Waals surface area (Å²) >= 11 is 0. The molecule has 0 radical (unpaired) electrons. The smallest absolute Gasteiger partial charge is 0.294 e. The number of rotatable bonds is 6. The predicted molar refractivity (Wildman–Crippen MR) is 111 cm³/mol. The highest BCUT2D eigenvalue weighted by Crippen LogP contribution is 2.38. The summed E-state index contributed by atoms with van der Waals surface area (Å²) in [6.45, 7) is 4.17. The number of benzene rings is 1. The van der Waals surface area contributed by atoms with E-state index in [0.29, 0.717) is 29.8 Å². The zero-order valence-corrected chi connectivity index (χ0v) is 17.6. The molecule has 8 heteroatoms. The maximum atomic E-state index is 13.5. The number of carbonyl (C=O) groups is 3. The first-order chi connectivity index (χ1) is 14.8. The molecular weight excluding hydrogens is 404 g/mol. The molecule has 4 rings (SSSR count). The first-order valence-corrected chi connectivity index (χ1v) is 10.6. The number of nitrogens with one attached hydrogen (secondary N) is 2. The minimum atomic E-state index is -1.06. The Morgan fingerprint density at radius 1 is 1.13 bits per heavy atom. The van der Waals surface area contributed by atoms with Crippen LogP contribution in [0.3, 0.4) is 0 Å². The van der Waals surface area contributed by atoms with E-state index in [1.54, 1.807) is 11.5 Å². The van der Waals surface area contributed by atoms with Crippen LogP contribution in [0, 0.1) is 18.6 Å². The van der Waals surface area contributed by atoms with Gasteiger partial charge in [-0.05, 0) is 63.1 Å². The number of carbonyl (C=O) groups excluding carboxylic acids is 3. The van der Waals surface area contributed by atoms with Crippen LogP contribution in [0.25, 0.3) is 0 Å². The third-order valence-electron chi connectivity index (χ3n) is 6.39. The molecule has 1 aliphatic heterocycles. The Hall–Kier alpha value is -3.03. The van der Waals surface area contributed by atoms with E-state index in [-0.39, 0.29) is 16.9 Å². The second-order valence-electron chi connectivity index (χ2n) is 8.40. The van der Waals surface area contributed by atoms with Crippen molar-refractivity contribution in [3.8, 4) is 0 Å². The van der Waals surface area contributed by atoms with Crippen molar-refractivity contribution in [3.63, 3.8) is 0 Å². The van der Waals surface area contributed by atoms with Crippen molar-refractivity contribution in [1.29, 1.82) is 0 Å². The number of halogens is 2. The maximum Gasteiger partial charge on any atom is 0.294 e. The Kier molecular flexibility index (Phi) is 5.41. The Bertz CT molecular complexity index is 1090. The number of Topliss-reactive ketones (excluding diaryl/α,β-unsaturated/α-hetero) is 1. The topological polar surface area (TPSA) is 80.2 Å². The lowest BCUT2D eigenvalue weighted by Gasteiger charge is -2.19. The van der Waals surface area contributed by atoms with Gasteiger partial charge in [0.1, 0.15) is 0 Å². The van der Waals surface area contributed by atoms with Crippen LogP contribution in [-0.4, -0.2) is 27.7 Å². The first kappa shape index (κ1) is 21.2. The standard InChI is InChI=1S/C23H25F2N3O3/c1-3-23(9-10-23)27-22(31)20(29)19-13(2)18(17-6-4-5-11-28(17)19)21(30)26-14-7-8-15(24)16(25)12-14/h7-8,12H,3-6,9-11H2,1-2H3,(H,26,30)(H,27,31). The van der Waals surface area contributed by atoms with Gasteiger partial charge >= 0.3 is 0 Å². The highest BCUT2D eigenvalue weighted by Gasteiger charge is 2.44. The Labute approximate surface area is 179 Å². The molecule has 1 saturated carbocycles. The van der Waals surface area contributed by atoms with Crippen molar-refractivity contribution in [1.82, 2.24) is 9.88 Å². The van der Waals surface area contributed by atoms with Gasteiger partial charge < -0.3 is 15.2 Å². The van der Waals surface area contributed by atoms with Crippen LogP contribution >= 0.6 is 0 Å². The number of amides is 2. The molecule has 2 N–H and O–H groups in total. The second kappa shape index (κ2) is 7.90. The minimum absolute atomic E-state index is 0.114. The predicted octanol–water partition coefficient (Wildman–Crippen LogP) is 3.90. The summed E-state index contributed by atoms with van der Waals surface area (Å²) < 4.78 is 28.5. The number of anilines is 1. The van der Waals surface area contributed by atoms with Crippen LogP contribution in [0.15, 0.2) is 18.2 Å². The lowest BCUT2D eigenvalue weighted by Crippen LogP contribution is -2.41. The SMILES string of the molecule is CCC1(NC(=O)C(=O)c2c(C)c(C(=O)Nc3ccc(F)c(F)c3)c3n2CCCC3)CC1. The molecule has 164 valence electrons. The molecule has 1 aromatic heterocycles. The molecule has 2 aliphatic rings. The highest BCUT2D eigenvalue weighted by molar-refractivity contribution is 6.43. The molecule has 6 nitrogen and oxygen atoms in total. The third kappa shape index (κ3) is 3.86. The molecule has 0 bridgehead atoms. The molecule has 2 aromatic rings. The van der Waals surface area contributed by atoms with E-state index >= 15 is 0 Å². The van der Waals surface area contributed by atoms with Crippen molar-refractivity contribution >= 4 is 23.3 Å². The number of nitrogens with zero attached hydrogens (tertiary/aromatic N) is 1. The maximum absolute atomic E-state index is 13.5. The van der Waals surface area contributed by atoms with E-state index in [4.69, 9.17) is 0 Å². The normalized spacial score (nSPS) is 16.4. The van der Waals surface area contributed by atoms with Crippen LogP contribution < -0.4 is 10.6 Å². The van der Waals surface area contributed by atoms with Gasteiger partial charge in [-0.15, -0.1) is 0 Å². The van der Waals surface area contributed by atoms with Crippen molar-refractivity contribution in [2.45, 2.75) is 64.5 Å². The molecule has 0 saturated heterocycles. The minimum Gasteiger partial charge on any atom is -0.344 e. The molecule has 2 amide bonds. The largest absolute Gasteiger partial charge is 0.344 e. The lowest BCUT2D eigenvalue weighted by molar-refractivity contribution is -0.118. The monoisotopic (exact) mass is 429 g/mol. The van der Waals surface area contributed by atoms with Gasteiger partial charge in [-0.3, -0.25) is 14.4 Å². The molecule has 0 atom stereocenters. The van der Waals surface area contributed by atoms with Gasteiger partial charge in [0.05, 0.1) is 11.3 Å². The van der Waals surface area contributed by atoms with Gasteiger partial charge in [-0.25, -0.2) is 8.78 Å². The first-order valence-electron chi connectivity index (χ1n) is 10.6. The van der Waals surface area contributed by atoms with E-state index in [0.717, 1.165) is 44.2 Å². The van der Waals surface area contributed by atoms with Crippen molar-refractivity contribution < 1.29 is 23.2 Å². The number of hydrogen-bond donors (Lipinski definition) is 2. The summed E-state index contributed by atoms with van der Waals surface area (Å²) in [5.41, 5.74) is 1.50. The lowest BCUT2D eigenvalue weighted by atomic mass is 10.0. The van der Waals surface area contributed by atoms with Gasteiger partial charge in [0.25, 0.3) is 17.6 Å². The van der Waals surface area contributed by atoms with Crippen LogP contribution in [0.2, 0.25) is 0 Å². The molecule has 1 aliphatic carbocycles. The fourth-order valence-electron chi connectivity index (χ4n) is 4.36. The van der Waals surface area contributed by atoms with E-state index < -0.39 is 29.2 Å². The number of aromatic nitrogens is 1. The average molecular weight is 429 g/mol. The second-order valence-corrected chi connectivity index (χ2v) is 8.40. The third-order valence-corrected chi connectivity index (χ3v) is 6.39. The summed E-state index contributed by atoms with van der Waals surface area (Å²) in [6.07, 6.45) is 4.76. The van der Waals surface area contributed by atoms with E-state index in [1.807, 2.05) is 6.92 Å². The van der Waals surface area contributed by atoms with Crippen LogP contribution in [0.4, 0.5) is 14.5 Å². The molecular formula is C23H25F2N3O3. The highest BCUT2D eigenvalue weighted by atomic mass is 19.2. The number of hydrogen-bond acceptors (Lipinski definition) is 3. The van der Waals surface area contributed by atoms with Crippen molar-refractivity contribution in [2.24, 2.45) is 0 Å². The molecule has 2 heterocycles. The summed E-state index contributed by atoms with van der Waals surface area (Å²) in [7, 11) is 0. The number of fused-ring (bicyclic) bond motifs is 1. The van der Waals surface area contributed by atoms with E-state index in [1.165, 1.54) is 6.07 Å². The van der Waals surface area contributed by atoms with Crippen LogP contribution in [-0.2, 0) is 17.8 Å². The summed E-state index contributed by atoms with van der Waals surface area (Å²) in [6, 6.07) is 3.12. The fraction of sp³-hybridized carbons (Fsp3) is 0.435. The van der Waals surface area contributed by atoms with Crippen molar-refractivity contribution in [3.05, 3.63) is 52.3 Å². The molecule has 1 aromatic carbocycles. The van der Waals surface area contributed by atoms with Gasteiger partial charge in [-0.1, -0.05) is 6.92 Å². The van der Waals surface area contributed by atoms with Gasteiger partial charge in [0.15, 0.2) is 11.6 Å². The average Bonchev–Trinajstić information content (AvgIpc) is 3.45. The Balaban J connectivity index is 1.66. The van der Waals surface area contributed by atoms with Crippen LogP contribution in [0.1, 0.15) is 71.1 Å². The van der Waals surface area contributed by atoms with E-state index in [9.17, 15) is 23.2 Å². The summed E-state index contributed by atoms with van der Waals surface area (Å²) in [5, 5.41) is 5.44. The van der Waals surface area contributed by atoms with E-state index in [2.05, 4.69) is 10.6 Å². The molecule has 1 fully saturated rings. The Morgan fingerprint density at radius 2 is 1.87 bits per heavy atom. The number of ketones is 1. The van der Waals surface area contributed by atoms with Gasteiger partial charge in [0, 0.05) is 29.5 Å². The summed E-state index contributed by atoms with van der Waals surface area (Å²) in [5.74, 6) is -3.88. The van der Waals surface area contributed by atoms with Gasteiger partial charge in [-0.2, -0.15) is 0 Å². The zero-order chi connectivity index (χ0) is 22.3.